The van der Waals surface area contributed by atoms with Crippen molar-refractivity contribution < 1.29 is 5.11 Å². The Morgan fingerprint density at radius 2 is 2.31 bits per heavy atom. The van der Waals surface area contributed by atoms with E-state index < -0.39 is 6.04 Å². The Hall–Kier alpha value is -1.24. The summed E-state index contributed by atoms with van der Waals surface area (Å²) in [6.45, 7) is 0. The molecule has 0 fully saturated rings. The summed E-state index contributed by atoms with van der Waals surface area (Å²) in [5.41, 5.74) is 6.14. The lowest BCUT2D eigenvalue weighted by molar-refractivity contribution is 0.462. The first-order valence-electron chi connectivity index (χ1n) is 3.76. The Balaban J connectivity index is 3.00. The molecule has 3 N–H and O–H groups in total. The van der Waals surface area contributed by atoms with E-state index in [2.05, 4.69) is 0 Å². The number of nitrogens with two attached hydrogens (primary N) is 1. The number of halogens is 1. The van der Waals surface area contributed by atoms with Crippen molar-refractivity contribution in [2.45, 2.75) is 12.5 Å². The highest BCUT2D eigenvalue weighted by atomic mass is 35.5. The van der Waals surface area contributed by atoms with Crippen molar-refractivity contribution in [3.8, 4) is 11.8 Å². The minimum absolute atomic E-state index is 0.0761. The van der Waals surface area contributed by atoms with Crippen LogP contribution in [0.25, 0.3) is 0 Å². The van der Waals surface area contributed by atoms with Crippen LogP contribution in [-0.4, -0.2) is 5.11 Å². The highest BCUT2D eigenvalue weighted by molar-refractivity contribution is 6.30. The zero-order valence-electron chi connectivity index (χ0n) is 6.87. The van der Waals surface area contributed by atoms with Crippen molar-refractivity contribution in [3.05, 3.63) is 28.8 Å². The van der Waals surface area contributed by atoms with Crippen LogP contribution in [-0.2, 0) is 0 Å². The number of hydrogen-bond donors (Lipinski definition) is 2. The van der Waals surface area contributed by atoms with Crippen LogP contribution < -0.4 is 5.73 Å². The van der Waals surface area contributed by atoms with E-state index in [4.69, 9.17) is 22.6 Å². The molecule has 3 nitrogen and oxygen atoms in total. The molecular formula is C9H9ClN2O. The van der Waals surface area contributed by atoms with Gasteiger partial charge in [0, 0.05) is 16.6 Å². The molecule has 13 heavy (non-hydrogen) atoms. The third-order valence-electron chi connectivity index (χ3n) is 1.70. The van der Waals surface area contributed by atoms with Gasteiger partial charge in [0.05, 0.1) is 12.5 Å². The SMILES string of the molecule is N#CC[C@H](N)c1cc(Cl)ccc1O. The fourth-order valence-electron chi connectivity index (χ4n) is 1.03. The summed E-state index contributed by atoms with van der Waals surface area (Å²) in [7, 11) is 0. The average Bonchev–Trinajstić information content (AvgIpc) is 2.09. The third kappa shape index (κ3) is 2.35. The monoisotopic (exact) mass is 196 g/mol. The lowest BCUT2D eigenvalue weighted by Gasteiger charge is -2.09. The number of hydrogen-bond acceptors (Lipinski definition) is 3. The summed E-state index contributed by atoms with van der Waals surface area (Å²) >= 11 is 5.71. The fourth-order valence-corrected chi connectivity index (χ4v) is 1.21. The predicted molar refractivity (Wildman–Crippen MR) is 50.3 cm³/mol. The number of nitrogens with zero attached hydrogens (tertiary/aromatic N) is 1. The van der Waals surface area contributed by atoms with E-state index in [9.17, 15) is 5.11 Å². The quantitative estimate of drug-likeness (QED) is 0.760. The standard InChI is InChI=1S/C9H9ClN2O/c10-6-1-2-9(13)7(5-6)8(12)3-4-11/h1-2,5,8,13H,3,12H2/t8-/m0/s1. The molecule has 0 bridgehead atoms. The van der Waals surface area contributed by atoms with Crippen LogP contribution >= 0.6 is 11.6 Å². The van der Waals surface area contributed by atoms with Crippen molar-refractivity contribution in [3.63, 3.8) is 0 Å². The fraction of sp³-hybridized carbons (Fsp3) is 0.222. The summed E-state index contributed by atoms with van der Waals surface area (Å²) in [6, 6.07) is 6.06. The van der Waals surface area contributed by atoms with Gasteiger partial charge in [-0.05, 0) is 18.2 Å². The largest absolute Gasteiger partial charge is 0.508 e. The molecule has 1 aromatic carbocycles. The molecular weight excluding hydrogens is 188 g/mol. The van der Waals surface area contributed by atoms with Gasteiger partial charge >= 0.3 is 0 Å². The first kappa shape index (κ1) is 9.85. The molecule has 0 spiro atoms. The van der Waals surface area contributed by atoms with Crippen LogP contribution in [0.2, 0.25) is 5.02 Å². The zero-order valence-corrected chi connectivity index (χ0v) is 7.62. The number of rotatable bonds is 2. The summed E-state index contributed by atoms with van der Waals surface area (Å²) in [5.74, 6) is 0.0761. The van der Waals surface area contributed by atoms with E-state index in [1.165, 1.54) is 6.07 Å². The highest BCUT2D eigenvalue weighted by Gasteiger charge is 2.10. The van der Waals surface area contributed by atoms with Gasteiger partial charge in [-0.25, -0.2) is 0 Å². The second kappa shape index (κ2) is 4.13. The molecule has 68 valence electrons. The topological polar surface area (TPSA) is 70.0 Å². The predicted octanol–water partition coefficient (Wildman–Crippen LogP) is 1.96. The lowest BCUT2D eigenvalue weighted by Crippen LogP contribution is -2.09. The van der Waals surface area contributed by atoms with Crippen molar-refractivity contribution in [2.75, 3.05) is 0 Å². The lowest BCUT2D eigenvalue weighted by atomic mass is 10.0. The van der Waals surface area contributed by atoms with Crippen molar-refractivity contribution in [2.24, 2.45) is 5.73 Å². The molecule has 0 heterocycles. The second-order valence-electron chi connectivity index (χ2n) is 2.67. The van der Waals surface area contributed by atoms with Gasteiger partial charge < -0.3 is 10.8 Å². The van der Waals surface area contributed by atoms with Gasteiger partial charge in [0.2, 0.25) is 0 Å². The number of nitriles is 1. The molecule has 4 heteroatoms. The van der Waals surface area contributed by atoms with Gasteiger partial charge in [-0.2, -0.15) is 5.26 Å². The van der Waals surface area contributed by atoms with Gasteiger partial charge in [0.15, 0.2) is 0 Å². The summed E-state index contributed by atoms with van der Waals surface area (Å²) < 4.78 is 0. The molecule has 0 aliphatic rings. The maximum atomic E-state index is 9.38. The Morgan fingerprint density at radius 3 is 2.92 bits per heavy atom. The number of benzene rings is 1. The molecule has 0 aliphatic heterocycles. The van der Waals surface area contributed by atoms with Crippen LogP contribution in [0.3, 0.4) is 0 Å². The number of phenolic OH excluding ortho intramolecular Hbond substituents is 1. The van der Waals surface area contributed by atoms with Crippen molar-refractivity contribution in [1.82, 2.24) is 0 Å². The Bertz CT molecular complexity index is 346. The van der Waals surface area contributed by atoms with E-state index in [-0.39, 0.29) is 12.2 Å². The van der Waals surface area contributed by atoms with Crippen LogP contribution in [0.5, 0.6) is 5.75 Å². The minimum atomic E-state index is -0.483. The molecule has 0 unspecified atom stereocenters. The summed E-state index contributed by atoms with van der Waals surface area (Å²) in [6.07, 6.45) is 0.161. The van der Waals surface area contributed by atoms with Gasteiger partial charge in [0.25, 0.3) is 0 Å². The maximum absolute atomic E-state index is 9.38. The van der Waals surface area contributed by atoms with Crippen LogP contribution in [0.4, 0.5) is 0 Å². The molecule has 0 saturated heterocycles. The summed E-state index contributed by atoms with van der Waals surface area (Å²) in [4.78, 5) is 0. The molecule has 0 amide bonds. The maximum Gasteiger partial charge on any atom is 0.120 e. The average molecular weight is 197 g/mol. The molecule has 0 saturated carbocycles. The molecule has 0 radical (unpaired) electrons. The Kier molecular flexibility index (Phi) is 3.13. The van der Waals surface area contributed by atoms with Crippen LogP contribution in [0, 0.1) is 11.3 Å². The zero-order chi connectivity index (χ0) is 9.84. The highest BCUT2D eigenvalue weighted by Crippen LogP contribution is 2.27. The molecule has 1 aromatic rings. The van der Waals surface area contributed by atoms with Gasteiger partial charge in [0.1, 0.15) is 5.75 Å². The van der Waals surface area contributed by atoms with E-state index in [0.29, 0.717) is 10.6 Å². The van der Waals surface area contributed by atoms with E-state index >= 15 is 0 Å². The van der Waals surface area contributed by atoms with E-state index in [0.717, 1.165) is 0 Å². The first-order valence-corrected chi connectivity index (χ1v) is 4.14. The van der Waals surface area contributed by atoms with Gasteiger partial charge in [-0.1, -0.05) is 11.6 Å². The number of aromatic hydroxyl groups is 1. The van der Waals surface area contributed by atoms with E-state index in [1.54, 1.807) is 12.1 Å². The second-order valence-corrected chi connectivity index (χ2v) is 3.11. The Morgan fingerprint density at radius 1 is 1.62 bits per heavy atom. The third-order valence-corrected chi connectivity index (χ3v) is 1.94. The van der Waals surface area contributed by atoms with Crippen molar-refractivity contribution >= 4 is 11.6 Å². The Labute approximate surface area is 81.4 Å². The summed E-state index contributed by atoms with van der Waals surface area (Å²) in [5, 5.41) is 18.3. The molecule has 1 rings (SSSR count). The van der Waals surface area contributed by atoms with Crippen molar-refractivity contribution in [1.29, 1.82) is 5.26 Å². The normalized spacial score (nSPS) is 12.1. The molecule has 1 atom stereocenters. The minimum Gasteiger partial charge on any atom is -0.508 e. The first-order chi connectivity index (χ1) is 6.15. The van der Waals surface area contributed by atoms with Gasteiger partial charge in [-0.3, -0.25) is 0 Å². The number of phenols is 1. The van der Waals surface area contributed by atoms with Crippen LogP contribution in [0.15, 0.2) is 18.2 Å². The van der Waals surface area contributed by atoms with Gasteiger partial charge in [-0.15, -0.1) is 0 Å². The molecule has 0 aromatic heterocycles. The smallest absolute Gasteiger partial charge is 0.120 e. The van der Waals surface area contributed by atoms with Crippen LogP contribution in [0.1, 0.15) is 18.0 Å². The molecule has 0 aliphatic carbocycles. The van der Waals surface area contributed by atoms with E-state index in [1.807, 2.05) is 6.07 Å².